The van der Waals surface area contributed by atoms with Crippen molar-refractivity contribution in [2.45, 2.75) is 19.4 Å². The SMILES string of the molecule is CC1CN(C)CCC1NC(=O)c1ccc(N)cc1Cl. The van der Waals surface area contributed by atoms with Crippen molar-refractivity contribution in [1.82, 2.24) is 10.2 Å². The zero-order valence-corrected chi connectivity index (χ0v) is 12.1. The van der Waals surface area contributed by atoms with Crippen LogP contribution in [0.5, 0.6) is 0 Å². The van der Waals surface area contributed by atoms with E-state index < -0.39 is 0 Å². The molecule has 1 saturated heterocycles. The smallest absolute Gasteiger partial charge is 0.253 e. The van der Waals surface area contributed by atoms with Gasteiger partial charge in [-0.15, -0.1) is 0 Å². The van der Waals surface area contributed by atoms with E-state index in [2.05, 4.69) is 24.2 Å². The van der Waals surface area contributed by atoms with Gasteiger partial charge in [-0.3, -0.25) is 4.79 Å². The molecule has 1 fully saturated rings. The predicted octanol–water partition coefficient (Wildman–Crippen LogP) is 1.99. The highest BCUT2D eigenvalue weighted by Gasteiger charge is 2.26. The second kappa shape index (κ2) is 5.80. The summed E-state index contributed by atoms with van der Waals surface area (Å²) in [6.07, 6.45) is 0.968. The zero-order chi connectivity index (χ0) is 14.0. The van der Waals surface area contributed by atoms with Crippen molar-refractivity contribution in [3.63, 3.8) is 0 Å². The molecule has 2 atom stereocenters. The van der Waals surface area contributed by atoms with E-state index in [9.17, 15) is 4.79 Å². The lowest BCUT2D eigenvalue weighted by Gasteiger charge is -2.35. The van der Waals surface area contributed by atoms with Gasteiger partial charge in [0.05, 0.1) is 10.6 Å². The Kier molecular flexibility index (Phi) is 4.32. The number of hydrogen-bond acceptors (Lipinski definition) is 3. The Balaban J connectivity index is 2.04. The first-order chi connectivity index (χ1) is 8.97. The van der Waals surface area contributed by atoms with Crippen LogP contribution in [0.1, 0.15) is 23.7 Å². The second-order valence-electron chi connectivity index (χ2n) is 5.35. The molecular formula is C14H20ClN3O. The van der Waals surface area contributed by atoms with Crippen LogP contribution < -0.4 is 11.1 Å². The van der Waals surface area contributed by atoms with Gasteiger partial charge >= 0.3 is 0 Å². The minimum absolute atomic E-state index is 0.119. The molecule has 0 bridgehead atoms. The number of nitrogen functional groups attached to an aromatic ring is 1. The van der Waals surface area contributed by atoms with Gasteiger partial charge in [-0.05, 0) is 44.1 Å². The molecule has 104 valence electrons. The average Bonchev–Trinajstić information content (AvgIpc) is 2.32. The number of benzene rings is 1. The van der Waals surface area contributed by atoms with Crippen LogP contribution in [0.2, 0.25) is 5.02 Å². The first-order valence-electron chi connectivity index (χ1n) is 6.52. The summed E-state index contributed by atoms with van der Waals surface area (Å²) in [5.74, 6) is 0.321. The van der Waals surface area contributed by atoms with Crippen LogP contribution in [0.4, 0.5) is 5.69 Å². The molecule has 1 aromatic carbocycles. The van der Waals surface area contributed by atoms with Gasteiger partial charge in [0.1, 0.15) is 0 Å². The van der Waals surface area contributed by atoms with Crippen LogP contribution in [0.25, 0.3) is 0 Å². The van der Waals surface area contributed by atoms with E-state index in [1.807, 2.05) is 0 Å². The molecule has 4 nitrogen and oxygen atoms in total. The number of piperidine rings is 1. The lowest BCUT2D eigenvalue weighted by molar-refractivity contribution is 0.0884. The summed E-state index contributed by atoms with van der Waals surface area (Å²) in [7, 11) is 2.10. The van der Waals surface area contributed by atoms with Gasteiger partial charge in [-0.25, -0.2) is 0 Å². The summed E-state index contributed by atoms with van der Waals surface area (Å²) in [4.78, 5) is 14.5. The Hall–Kier alpha value is -1.26. The maximum Gasteiger partial charge on any atom is 0.253 e. The highest BCUT2D eigenvalue weighted by atomic mass is 35.5. The number of carbonyl (C=O) groups is 1. The van der Waals surface area contributed by atoms with E-state index in [-0.39, 0.29) is 11.9 Å². The fraction of sp³-hybridized carbons (Fsp3) is 0.500. The normalized spacial score (nSPS) is 24.2. The number of halogens is 1. The molecule has 2 rings (SSSR count). The zero-order valence-electron chi connectivity index (χ0n) is 11.3. The molecule has 0 saturated carbocycles. The summed E-state index contributed by atoms with van der Waals surface area (Å²) in [5, 5.41) is 3.48. The molecule has 19 heavy (non-hydrogen) atoms. The number of hydrogen-bond donors (Lipinski definition) is 2. The van der Waals surface area contributed by atoms with Crippen molar-refractivity contribution in [1.29, 1.82) is 0 Å². The minimum Gasteiger partial charge on any atom is -0.399 e. The number of nitrogens with zero attached hydrogens (tertiary/aromatic N) is 1. The molecule has 1 aromatic rings. The van der Waals surface area contributed by atoms with Gasteiger partial charge in [0.2, 0.25) is 0 Å². The van der Waals surface area contributed by atoms with E-state index in [0.29, 0.717) is 22.2 Å². The fourth-order valence-corrected chi connectivity index (χ4v) is 2.81. The van der Waals surface area contributed by atoms with Gasteiger partial charge in [-0.1, -0.05) is 18.5 Å². The first kappa shape index (κ1) is 14.2. The predicted molar refractivity (Wildman–Crippen MR) is 78.4 cm³/mol. The number of amides is 1. The van der Waals surface area contributed by atoms with Crippen molar-refractivity contribution in [3.8, 4) is 0 Å². The summed E-state index contributed by atoms with van der Waals surface area (Å²) < 4.78 is 0. The van der Waals surface area contributed by atoms with E-state index >= 15 is 0 Å². The molecule has 1 aliphatic heterocycles. The quantitative estimate of drug-likeness (QED) is 0.815. The van der Waals surface area contributed by atoms with Gasteiger partial charge in [-0.2, -0.15) is 0 Å². The number of nitrogens with two attached hydrogens (primary N) is 1. The third-order valence-electron chi connectivity index (χ3n) is 3.66. The van der Waals surface area contributed by atoms with Crippen LogP contribution in [0, 0.1) is 5.92 Å². The van der Waals surface area contributed by atoms with E-state index in [1.54, 1.807) is 18.2 Å². The minimum atomic E-state index is -0.119. The molecule has 5 heteroatoms. The van der Waals surface area contributed by atoms with Gasteiger partial charge < -0.3 is 16.0 Å². The number of carbonyl (C=O) groups excluding carboxylic acids is 1. The Labute approximate surface area is 118 Å². The van der Waals surface area contributed by atoms with Crippen molar-refractivity contribution in [3.05, 3.63) is 28.8 Å². The summed E-state index contributed by atoms with van der Waals surface area (Å²) in [5.41, 5.74) is 6.68. The summed E-state index contributed by atoms with van der Waals surface area (Å²) in [6.45, 7) is 4.16. The highest BCUT2D eigenvalue weighted by Crippen LogP contribution is 2.21. The lowest BCUT2D eigenvalue weighted by atomic mass is 9.94. The summed E-state index contributed by atoms with van der Waals surface area (Å²) >= 11 is 6.05. The molecule has 2 unspecified atom stereocenters. The second-order valence-corrected chi connectivity index (χ2v) is 5.75. The van der Waals surface area contributed by atoms with Crippen LogP contribution in [-0.4, -0.2) is 37.0 Å². The van der Waals surface area contributed by atoms with Crippen LogP contribution >= 0.6 is 11.6 Å². The lowest BCUT2D eigenvalue weighted by Crippen LogP contribution is -2.48. The molecule has 0 aromatic heterocycles. The van der Waals surface area contributed by atoms with Gasteiger partial charge in [0.25, 0.3) is 5.91 Å². The Morgan fingerprint density at radius 3 is 2.89 bits per heavy atom. The largest absolute Gasteiger partial charge is 0.399 e. The maximum atomic E-state index is 12.2. The van der Waals surface area contributed by atoms with Gasteiger partial charge in [0.15, 0.2) is 0 Å². The molecule has 0 spiro atoms. The third kappa shape index (κ3) is 3.39. The van der Waals surface area contributed by atoms with Crippen molar-refractivity contribution in [2.75, 3.05) is 25.9 Å². The maximum absolute atomic E-state index is 12.2. The van der Waals surface area contributed by atoms with E-state index in [0.717, 1.165) is 19.5 Å². The van der Waals surface area contributed by atoms with Crippen molar-refractivity contribution < 1.29 is 4.79 Å². The molecule has 1 amide bonds. The van der Waals surface area contributed by atoms with E-state index in [4.69, 9.17) is 17.3 Å². The average molecular weight is 282 g/mol. The molecule has 0 aliphatic carbocycles. The fourth-order valence-electron chi connectivity index (χ4n) is 2.53. The number of rotatable bonds is 2. The monoisotopic (exact) mass is 281 g/mol. The highest BCUT2D eigenvalue weighted by molar-refractivity contribution is 6.34. The topological polar surface area (TPSA) is 58.4 Å². The summed E-state index contributed by atoms with van der Waals surface area (Å²) in [6, 6.07) is 5.18. The molecule has 3 N–H and O–H groups in total. The third-order valence-corrected chi connectivity index (χ3v) is 3.98. The number of nitrogens with one attached hydrogen (secondary N) is 1. The van der Waals surface area contributed by atoms with Crippen molar-refractivity contribution in [2.24, 2.45) is 5.92 Å². The van der Waals surface area contributed by atoms with E-state index in [1.165, 1.54) is 0 Å². The van der Waals surface area contributed by atoms with Gasteiger partial charge in [0, 0.05) is 18.3 Å². The standard InChI is InChI=1S/C14H20ClN3O/c1-9-8-18(2)6-5-13(9)17-14(19)11-4-3-10(16)7-12(11)15/h3-4,7,9,13H,5-6,8,16H2,1-2H3,(H,17,19). The van der Waals surface area contributed by atoms with Crippen LogP contribution in [-0.2, 0) is 0 Å². The molecule has 1 heterocycles. The molecular weight excluding hydrogens is 262 g/mol. The van der Waals surface area contributed by atoms with Crippen LogP contribution in [0.15, 0.2) is 18.2 Å². The Bertz CT molecular complexity index is 478. The van der Waals surface area contributed by atoms with Crippen LogP contribution in [0.3, 0.4) is 0 Å². The first-order valence-corrected chi connectivity index (χ1v) is 6.89. The Morgan fingerprint density at radius 2 is 2.26 bits per heavy atom. The molecule has 0 radical (unpaired) electrons. The Morgan fingerprint density at radius 1 is 1.53 bits per heavy atom. The number of anilines is 1. The number of likely N-dealkylation sites (tertiary alicyclic amines) is 1. The van der Waals surface area contributed by atoms with Crippen molar-refractivity contribution >= 4 is 23.2 Å². The molecule has 1 aliphatic rings.